The summed E-state index contributed by atoms with van der Waals surface area (Å²) in [6.07, 6.45) is 3.49. The summed E-state index contributed by atoms with van der Waals surface area (Å²) < 4.78 is 13.5. The molecule has 134 valence electrons. The Hall–Kier alpha value is -2.00. The van der Waals surface area contributed by atoms with E-state index in [4.69, 9.17) is 11.6 Å². The van der Waals surface area contributed by atoms with Gasteiger partial charge in [0.2, 0.25) is 0 Å². The van der Waals surface area contributed by atoms with Gasteiger partial charge in [0.1, 0.15) is 11.6 Å². The molecule has 0 saturated carbocycles. The standard InChI is InChI=1S/C21H25ClFNO/c1-4-6-7-12-24(5-2)15(3)18-10-8-16(13-20(18)22)19-14-17(23)9-11-21(19)25/h8-11,13-14,25H,3-7,12H2,1-2H3. The molecule has 2 aromatic carbocycles. The molecule has 0 aliphatic heterocycles. The smallest absolute Gasteiger partial charge is 0.124 e. The van der Waals surface area contributed by atoms with Crippen molar-refractivity contribution in [2.75, 3.05) is 13.1 Å². The minimum Gasteiger partial charge on any atom is -0.507 e. The summed E-state index contributed by atoms with van der Waals surface area (Å²) in [7, 11) is 0. The van der Waals surface area contributed by atoms with Crippen LogP contribution in [0.15, 0.2) is 43.0 Å². The normalized spacial score (nSPS) is 10.7. The van der Waals surface area contributed by atoms with E-state index in [1.807, 2.05) is 12.1 Å². The highest BCUT2D eigenvalue weighted by Gasteiger charge is 2.13. The highest BCUT2D eigenvalue weighted by molar-refractivity contribution is 6.32. The number of halogens is 2. The van der Waals surface area contributed by atoms with E-state index >= 15 is 0 Å². The third-order valence-electron chi connectivity index (χ3n) is 4.34. The Bertz CT molecular complexity index is 745. The number of hydrogen-bond donors (Lipinski definition) is 1. The van der Waals surface area contributed by atoms with Crippen molar-refractivity contribution < 1.29 is 9.50 Å². The van der Waals surface area contributed by atoms with Crippen molar-refractivity contribution in [1.82, 2.24) is 4.90 Å². The number of nitrogens with zero attached hydrogens (tertiary/aromatic N) is 1. The lowest BCUT2D eigenvalue weighted by Crippen LogP contribution is -2.22. The van der Waals surface area contributed by atoms with Gasteiger partial charge in [-0.05, 0) is 43.2 Å². The Kier molecular flexibility index (Phi) is 6.89. The molecule has 0 heterocycles. The van der Waals surface area contributed by atoms with E-state index in [2.05, 4.69) is 25.3 Å². The lowest BCUT2D eigenvalue weighted by atomic mass is 10.0. The lowest BCUT2D eigenvalue weighted by molar-refractivity contribution is 0.403. The van der Waals surface area contributed by atoms with E-state index in [0.717, 1.165) is 30.8 Å². The first-order valence-electron chi connectivity index (χ1n) is 8.70. The molecule has 1 N–H and O–H groups in total. The number of benzene rings is 2. The SMILES string of the molecule is C=C(c1ccc(-c2cc(F)ccc2O)cc1Cl)N(CC)CCCCC. The molecular formula is C21H25ClFNO. The zero-order valence-electron chi connectivity index (χ0n) is 14.9. The van der Waals surface area contributed by atoms with Crippen molar-refractivity contribution >= 4 is 17.3 Å². The van der Waals surface area contributed by atoms with Gasteiger partial charge in [0.05, 0.1) is 5.02 Å². The summed E-state index contributed by atoms with van der Waals surface area (Å²) in [6, 6.07) is 9.34. The van der Waals surface area contributed by atoms with Gasteiger partial charge < -0.3 is 10.0 Å². The van der Waals surface area contributed by atoms with Crippen LogP contribution < -0.4 is 0 Å². The third kappa shape index (κ3) is 4.76. The van der Waals surface area contributed by atoms with Crippen LogP contribution in [0.1, 0.15) is 38.7 Å². The minimum atomic E-state index is -0.398. The van der Waals surface area contributed by atoms with Crippen LogP contribution in [-0.2, 0) is 0 Å². The molecule has 2 nitrogen and oxygen atoms in total. The average molecular weight is 362 g/mol. The second kappa shape index (κ2) is 8.91. The number of aromatic hydroxyl groups is 1. The van der Waals surface area contributed by atoms with Crippen molar-refractivity contribution in [2.24, 2.45) is 0 Å². The zero-order valence-corrected chi connectivity index (χ0v) is 15.6. The number of unbranched alkanes of at least 4 members (excludes halogenated alkanes) is 2. The molecule has 0 radical (unpaired) electrons. The van der Waals surface area contributed by atoms with E-state index < -0.39 is 5.82 Å². The fraction of sp³-hybridized carbons (Fsp3) is 0.333. The van der Waals surface area contributed by atoms with Gasteiger partial charge in [0.15, 0.2) is 0 Å². The molecule has 0 atom stereocenters. The first kappa shape index (κ1) is 19.3. The summed E-state index contributed by atoms with van der Waals surface area (Å²) in [6.45, 7) is 10.3. The van der Waals surface area contributed by atoms with Gasteiger partial charge in [-0.25, -0.2) is 4.39 Å². The van der Waals surface area contributed by atoms with E-state index in [-0.39, 0.29) is 5.75 Å². The zero-order chi connectivity index (χ0) is 18.4. The number of phenols is 1. The van der Waals surface area contributed by atoms with Gasteiger partial charge >= 0.3 is 0 Å². The minimum absolute atomic E-state index is 0.0267. The molecule has 2 rings (SSSR count). The summed E-state index contributed by atoms with van der Waals surface area (Å²) in [5.74, 6) is -0.371. The molecular weight excluding hydrogens is 337 g/mol. The van der Waals surface area contributed by atoms with Crippen LogP contribution in [0.4, 0.5) is 4.39 Å². The van der Waals surface area contributed by atoms with Gasteiger partial charge in [-0.15, -0.1) is 0 Å². The van der Waals surface area contributed by atoms with Crippen LogP contribution in [0.5, 0.6) is 5.75 Å². The maximum Gasteiger partial charge on any atom is 0.124 e. The first-order valence-corrected chi connectivity index (χ1v) is 9.08. The maximum absolute atomic E-state index is 13.5. The summed E-state index contributed by atoms with van der Waals surface area (Å²) >= 11 is 6.47. The van der Waals surface area contributed by atoms with Crippen LogP contribution >= 0.6 is 11.6 Å². The first-order chi connectivity index (χ1) is 12.0. The van der Waals surface area contributed by atoms with Crippen molar-refractivity contribution in [3.05, 3.63) is 59.4 Å². The highest BCUT2D eigenvalue weighted by atomic mass is 35.5. The van der Waals surface area contributed by atoms with Crippen molar-refractivity contribution in [3.8, 4) is 16.9 Å². The van der Waals surface area contributed by atoms with Gasteiger partial charge in [0.25, 0.3) is 0 Å². The Labute approximate surface area is 154 Å². The van der Waals surface area contributed by atoms with Gasteiger partial charge in [-0.3, -0.25) is 0 Å². The van der Waals surface area contributed by atoms with Crippen LogP contribution in [0.2, 0.25) is 5.02 Å². The van der Waals surface area contributed by atoms with Crippen molar-refractivity contribution in [1.29, 1.82) is 0 Å². The molecule has 0 aliphatic carbocycles. The molecule has 0 spiro atoms. The summed E-state index contributed by atoms with van der Waals surface area (Å²) in [4.78, 5) is 2.22. The fourth-order valence-corrected chi connectivity index (χ4v) is 3.15. The molecule has 0 fully saturated rings. The molecule has 0 saturated heterocycles. The molecule has 25 heavy (non-hydrogen) atoms. The largest absolute Gasteiger partial charge is 0.507 e. The lowest BCUT2D eigenvalue weighted by Gasteiger charge is -2.26. The second-order valence-corrected chi connectivity index (χ2v) is 6.50. The van der Waals surface area contributed by atoms with E-state index in [1.165, 1.54) is 31.0 Å². The fourth-order valence-electron chi connectivity index (χ4n) is 2.86. The van der Waals surface area contributed by atoms with E-state index in [0.29, 0.717) is 16.1 Å². The van der Waals surface area contributed by atoms with Crippen molar-refractivity contribution in [2.45, 2.75) is 33.1 Å². The van der Waals surface area contributed by atoms with Gasteiger partial charge in [0, 0.05) is 29.9 Å². The maximum atomic E-state index is 13.5. The molecule has 0 unspecified atom stereocenters. The van der Waals surface area contributed by atoms with Crippen LogP contribution in [-0.4, -0.2) is 23.1 Å². The quantitative estimate of drug-likeness (QED) is 0.555. The average Bonchev–Trinajstić information content (AvgIpc) is 2.60. The van der Waals surface area contributed by atoms with Crippen LogP contribution in [0.25, 0.3) is 16.8 Å². The van der Waals surface area contributed by atoms with E-state index in [1.54, 1.807) is 6.07 Å². The summed E-state index contributed by atoms with van der Waals surface area (Å²) in [5.41, 5.74) is 2.85. The predicted octanol–water partition coefficient (Wildman–Crippen LogP) is 6.33. The van der Waals surface area contributed by atoms with Gasteiger partial charge in [-0.1, -0.05) is 50.1 Å². The topological polar surface area (TPSA) is 23.5 Å². The van der Waals surface area contributed by atoms with Crippen LogP contribution in [0, 0.1) is 5.82 Å². The number of hydrogen-bond acceptors (Lipinski definition) is 2. The van der Waals surface area contributed by atoms with Crippen LogP contribution in [0.3, 0.4) is 0 Å². The molecule has 4 heteroatoms. The summed E-state index contributed by atoms with van der Waals surface area (Å²) in [5, 5.41) is 10.5. The Morgan fingerprint density at radius 3 is 2.56 bits per heavy atom. The third-order valence-corrected chi connectivity index (χ3v) is 4.66. The van der Waals surface area contributed by atoms with Crippen molar-refractivity contribution in [3.63, 3.8) is 0 Å². The molecule has 0 aliphatic rings. The Morgan fingerprint density at radius 2 is 1.92 bits per heavy atom. The number of rotatable bonds is 8. The highest BCUT2D eigenvalue weighted by Crippen LogP contribution is 2.34. The molecule has 0 amide bonds. The monoisotopic (exact) mass is 361 g/mol. The predicted molar refractivity (Wildman–Crippen MR) is 104 cm³/mol. The Morgan fingerprint density at radius 1 is 1.16 bits per heavy atom. The number of phenolic OH excluding ortho intramolecular Hbond substituents is 1. The Balaban J connectivity index is 2.26. The van der Waals surface area contributed by atoms with E-state index in [9.17, 15) is 9.50 Å². The molecule has 0 bridgehead atoms. The second-order valence-electron chi connectivity index (χ2n) is 6.09. The molecule has 2 aromatic rings. The molecule has 0 aromatic heterocycles. The van der Waals surface area contributed by atoms with Gasteiger partial charge in [-0.2, -0.15) is 0 Å².